The summed E-state index contributed by atoms with van der Waals surface area (Å²) in [7, 11) is 0. The van der Waals surface area contributed by atoms with E-state index in [2.05, 4.69) is 241 Å². The maximum absolute atomic E-state index is 5.79. The first kappa shape index (κ1) is 39.4. The highest BCUT2D eigenvalue weighted by atomic mass is 32.1. The Hall–Kier alpha value is -8.64. The zero-order valence-corrected chi connectivity index (χ0v) is 39.3. The molecular formula is C65H42N4S. The topological polar surface area (TPSA) is 35.6 Å². The van der Waals surface area contributed by atoms with Crippen molar-refractivity contribution in [2.75, 3.05) is 0 Å². The fraction of sp³-hybridized carbons (Fsp3) is 0.0462. The van der Waals surface area contributed by atoms with Gasteiger partial charge in [-0.15, -0.1) is 11.3 Å². The molecule has 0 aliphatic heterocycles. The number of hydrogen-bond acceptors (Lipinski definition) is 3. The molecule has 0 saturated carbocycles. The molecule has 0 radical (unpaired) electrons. The Morgan fingerprint density at radius 2 is 1.09 bits per heavy atom. The molecule has 4 heterocycles. The van der Waals surface area contributed by atoms with E-state index in [0.717, 1.165) is 55.2 Å². The quantitative estimate of drug-likeness (QED) is 0.172. The number of hydrogen-bond donors (Lipinski definition) is 0. The Balaban J connectivity index is 1.000. The molecule has 0 unspecified atom stereocenters. The molecular weight excluding hydrogens is 869 g/mol. The average Bonchev–Trinajstić information content (AvgIpc) is 4.15. The van der Waals surface area contributed by atoms with Crippen molar-refractivity contribution in [3.8, 4) is 55.6 Å². The molecule has 15 rings (SSSR count). The van der Waals surface area contributed by atoms with Gasteiger partial charge < -0.3 is 4.57 Å². The molecule has 4 nitrogen and oxygen atoms in total. The monoisotopic (exact) mass is 910 g/mol. The van der Waals surface area contributed by atoms with Crippen molar-refractivity contribution in [2.45, 2.75) is 19.3 Å². The van der Waals surface area contributed by atoms with Crippen LogP contribution in [0.5, 0.6) is 0 Å². The minimum absolute atomic E-state index is 0.168. The van der Waals surface area contributed by atoms with Crippen LogP contribution in [0.3, 0.4) is 0 Å². The van der Waals surface area contributed by atoms with Crippen LogP contribution >= 0.6 is 11.3 Å². The van der Waals surface area contributed by atoms with Gasteiger partial charge in [0.15, 0.2) is 0 Å². The van der Waals surface area contributed by atoms with E-state index in [0.29, 0.717) is 5.95 Å². The third-order valence-corrected chi connectivity index (χ3v) is 16.3. The zero-order chi connectivity index (χ0) is 46.2. The van der Waals surface area contributed by atoms with Gasteiger partial charge in [-0.05, 0) is 122 Å². The van der Waals surface area contributed by atoms with Gasteiger partial charge in [-0.3, -0.25) is 4.57 Å². The second kappa shape index (κ2) is 14.7. The van der Waals surface area contributed by atoms with E-state index in [1.807, 2.05) is 11.3 Å². The number of thiophene rings is 1. The smallest absolute Gasteiger partial charge is 0.235 e. The third kappa shape index (κ3) is 5.64. The van der Waals surface area contributed by atoms with Crippen molar-refractivity contribution < 1.29 is 0 Å². The van der Waals surface area contributed by atoms with Gasteiger partial charge in [0.05, 0.1) is 33.3 Å². The van der Waals surface area contributed by atoms with Gasteiger partial charge in [0, 0.05) is 53.2 Å². The lowest BCUT2D eigenvalue weighted by molar-refractivity contribution is 0.660. The van der Waals surface area contributed by atoms with E-state index in [1.54, 1.807) is 0 Å². The summed E-state index contributed by atoms with van der Waals surface area (Å²) in [6.45, 7) is 4.71. The van der Waals surface area contributed by atoms with Gasteiger partial charge in [0.25, 0.3) is 0 Å². The van der Waals surface area contributed by atoms with Crippen LogP contribution in [0.1, 0.15) is 25.0 Å². The zero-order valence-electron chi connectivity index (χ0n) is 38.5. The molecule has 1 aliphatic carbocycles. The summed E-state index contributed by atoms with van der Waals surface area (Å²) in [6, 6.07) is 80.0. The molecule has 0 bridgehead atoms. The van der Waals surface area contributed by atoms with E-state index in [1.165, 1.54) is 80.9 Å². The van der Waals surface area contributed by atoms with Crippen molar-refractivity contribution in [3.05, 3.63) is 230 Å². The Kier molecular flexibility index (Phi) is 8.26. The minimum atomic E-state index is -0.168. The molecule has 0 spiro atoms. The standard InChI is InChI=1S/C65H42N4S/c1-65(2)52-25-13-11-22-47(52)48-31-28-43(36-53(48)65)62-61-54(32-29-44-38-59(70-63(44)61)39-16-5-3-6-17-39)66-64(67-62)69-56-33-30-42(35-50(56)51-34-40-18-9-10-19-41(40)37-58(51)69)46-24-15-27-57-60(46)49-23-12-14-26-55(49)68(57)45-20-7-4-8-21-45/h3-38H,1-2H3. The van der Waals surface area contributed by atoms with Crippen molar-refractivity contribution in [1.29, 1.82) is 0 Å². The fourth-order valence-corrected chi connectivity index (χ4v) is 13.0. The highest BCUT2D eigenvalue weighted by molar-refractivity contribution is 7.23. The first-order valence-corrected chi connectivity index (χ1v) is 24.9. The van der Waals surface area contributed by atoms with Crippen molar-refractivity contribution >= 4 is 86.7 Å². The number of benzene rings is 10. The number of nitrogens with zero attached hydrogens (tertiary/aromatic N) is 4. The number of para-hydroxylation sites is 2. The molecule has 70 heavy (non-hydrogen) atoms. The molecule has 1 aliphatic rings. The van der Waals surface area contributed by atoms with Crippen LogP contribution in [0.4, 0.5) is 0 Å². The predicted molar refractivity (Wildman–Crippen MR) is 295 cm³/mol. The summed E-state index contributed by atoms with van der Waals surface area (Å²) >= 11 is 1.83. The van der Waals surface area contributed by atoms with Gasteiger partial charge in [-0.1, -0.05) is 166 Å². The summed E-state index contributed by atoms with van der Waals surface area (Å²) in [5.41, 5.74) is 17.3. The second-order valence-corrected chi connectivity index (χ2v) is 20.4. The largest absolute Gasteiger partial charge is 0.309 e. The third-order valence-electron chi connectivity index (χ3n) is 15.1. The van der Waals surface area contributed by atoms with Gasteiger partial charge in [-0.2, -0.15) is 0 Å². The SMILES string of the molecule is CC1(C)c2ccccc2-c2ccc(-c3nc(-n4c5ccc(-c6cccc7c6c6ccccc6n7-c6ccccc6)cc5c5cc6ccccc6cc54)nc4ccc5cc(-c6ccccc6)sc5c34)cc21. The Morgan fingerprint density at radius 3 is 1.96 bits per heavy atom. The maximum atomic E-state index is 5.79. The lowest BCUT2D eigenvalue weighted by atomic mass is 9.82. The van der Waals surface area contributed by atoms with E-state index in [9.17, 15) is 0 Å². The minimum Gasteiger partial charge on any atom is -0.309 e. The summed E-state index contributed by atoms with van der Waals surface area (Å²) < 4.78 is 5.90. The van der Waals surface area contributed by atoms with Crippen LogP contribution in [0.2, 0.25) is 0 Å². The van der Waals surface area contributed by atoms with Crippen LogP contribution in [-0.4, -0.2) is 19.1 Å². The lowest BCUT2D eigenvalue weighted by Gasteiger charge is -2.22. The first-order valence-electron chi connectivity index (χ1n) is 24.1. The molecule has 5 heteroatoms. The Morgan fingerprint density at radius 1 is 0.400 bits per heavy atom. The van der Waals surface area contributed by atoms with E-state index < -0.39 is 0 Å². The lowest BCUT2D eigenvalue weighted by Crippen LogP contribution is -2.15. The van der Waals surface area contributed by atoms with Crippen molar-refractivity contribution in [3.63, 3.8) is 0 Å². The summed E-state index contributed by atoms with van der Waals surface area (Å²) in [4.78, 5) is 12.6. The summed E-state index contributed by atoms with van der Waals surface area (Å²) in [5, 5.41) is 9.45. The summed E-state index contributed by atoms with van der Waals surface area (Å²) in [6.07, 6.45) is 0. The van der Waals surface area contributed by atoms with E-state index >= 15 is 0 Å². The van der Waals surface area contributed by atoms with Gasteiger partial charge in [0.1, 0.15) is 0 Å². The molecule has 0 fully saturated rings. The van der Waals surface area contributed by atoms with Gasteiger partial charge in [0.2, 0.25) is 5.95 Å². The van der Waals surface area contributed by atoms with Crippen LogP contribution in [0.25, 0.3) is 131 Å². The normalized spacial score (nSPS) is 13.1. The van der Waals surface area contributed by atoms with Gasteiger partial charge >= 0.3 is 0 Å². The Labute approximate surface area is 408 Å². The molecule has 10 aromatic carbocycles. The Bertz CT molecular complexity index is 4500. The molecule has 0 N–H and O–H groups in total. The average molecular weight is 911 g/mol. The van der Waals surface area contributed by atoms with Gasteiger partial charge in [-0.25, -0.2) is 9.97 Å². The molecule has 0 atom stereocenters. The van der Waals surface area contributed by atoms with Crippen LogP contribution in [-0.2, 0) is 5.41 Å². The number of rotatable bonds is 5. The van der Waals surface area contributed by atoms with Crippen molar-refractivity contribution in [2.24, 2.45) is 0 Å². The number of aromatic nitrogens is 4. The predicted octanol–water partition coefficient (Wildman–Crippen LogP) is 17.5. The molecule has 0 saturated heterocycles. The highest BCUT2D eigenvalue weighted by Crippen LogP contribution is 2.51. The number of fused-ring (bicyclic) bond motifs is 13. The van der Waals surface area contributed by atoms with E-state index in [-0.39, 0.29) is 5.41 Å². The summed E-state index contributed by atoms with van der Waals surface area (Å²) in [5.74, 6) is 0.654. The second-order valence-electron chi connectivity index (χ2n) is 19.3. The molecule has 14 aromatic rings. The molecule has 4 aromatic heterocycles. The van der Waals surface area contributed by atoms with Crippen LogP contribution in [0, 0.1) is 0 Å². The fourth-order valence-electron chi connectivity index (χ4n) is 11.8. The maximum Gasteiger partial charge on any atom is 0.235 e. The van der Waals surface area contributed by atoms with E-state index in [4.69, 9.17) is 9.97 Å². The molecule has 328 valence electrons. The molecule has 0 amide bonds. The van der Waals surface area contributed by atoms with Crippen LogP contribution < -0.4 is 0 Å². The van der Waals surface area contributed by atoms with Crippen molar-refractivity contribution in [1.82, 2.24) is 19.1 Å². The first-order chi connectivity index (χ1) is 34.5. The van der Waals surface area contributed by atoms with Crippen LogP contribution in [0.15, 0.2) is 218 Å². The highest BCUT2D eigenvalue weighted by Gasteiger charge is 2.35.